The summed E-state index contributed by atoms with van der Waals surface area (Å²) in [5.41, 5.74) is 0. The summed E-state index contributed by atoms with van der Waals surface area (Å²) >= 11 is 0. The number of carbonyl (C=O) groups excluding carboxylic acids is 1. The van der Waals surface area contributed by atoms with E-state index in [1.165, 1.54) is 0 Å². The average Bonchev–Trinajstić information content (AvgIpc) is 2.37. The molecular formula is C13H26N2O3. The second-order valence-corrected chi connectivity index (χ2v) is 4.94. The Morgan fingerprint density at radius 3 is 3.06 bits per heavy atom. The summed E-state index contributed by atoms with van der Waals surface area (Å²) < 4.78 is 5.61. The van der Waals surface area contributed by atoms with Gasteiger partial charge in [-0.15, -0.1) is 0 Å². The first kappa shape index (κ1) is 15.2. The maximum Gasteiger partial charge on any atom is 0.317 e. The second-order valence-electron chi connectivity index (χ2n) is 4.94. The fraction of sp³-hybridized carbons (Fsp3) is 0.923. The van der Waals surface area contributed by atoms with Gasteiger partial charge in [0, 0.05) is 25.7 Å². The quantitative estimate of drug-likeness (QED) is 0.756. The van der Waals surface area contributed by atoms with Crippen LogP contribution in [0.15, 0.2) is 0 Å². The molecule has 1 fully saturated rings. The molecule has 1 aliphatic rings. The van der Waals surface area contributed by atoms with E-state index < -0.39 is 0 Å². The van der Waals surface area contributed by atoms with E-state index in [1.54, 1.807) is 0 Å². The maximum atomic E-state index is 12.0. The number of aliphatic hydroxyl groups excluding tert-OH is 1. The number of carbonyl (C=O) groups is 1. The predicted molar refractivity (Wildman–Crippen MR) is 70.5 cm³/mol. The topological polar surface area (TPSA) is 61.8 Å². The number of ether oxygens (including phenoxy) is 1. The summed E-state index contributed by atoms with van der Waals surface area (Å²) in [6.07, 6.45) is 3.80. The molecule has 1 saturated heterocycles. The first-order valence-electron chi connectivity index (χ1n) is 6.95. The van der Waals surface area contributed by atoms with Gasteiger partial charge in [-0.25, -0.2) is 4.79 Å². The van der Waals surface area contributed by atoms with E-state index in [1.807, 2.05) is 11.8 Å². The third-order valence-corrected chi connectivity index (χ3v) is 3.20. The van der Waals surface area contributed by atoms with Gasteiger partial charge >= 0.3 is 6.03 Å². The van der Waals surface area contributed by atoms with Gasteiger partial charge in [-0.3, -0.25) is 0 Å². The van der Waals surface area contributed by atoms with Crippen LogP contribution in [0.3, 0.4) is 0 Å². The van der Waals surface area contributed by atoms with Crippen LogP contribution in [0.4, 0.5) is 4.79 Å². The molecule has 2 unspecified atom stereocenters. The Morgan fingerprint density at radius 1 is 1.61 bits per heavy atom. The molecule has 106 valence electrons. The van der Waals surface area contributed by atoms with Crippen molar-refractivity contribution in [2.45, 2.75) is 51.7 Å². The number of morpholine rings is 1. The number of hydrogen-bond donors (Lipinski definition) is 2. The Kier molecular flexibility index (Phi) is 7.05. The highest BCUT2D eigenvalue weighted by atomic mass is 16.5. The molecule has 0 aromatic heterocycles. The fourth-order valence-corrected chi connectivity index (χ4v) is 2.17. The minimum absolute atomic E-state index is 0.00940. The van der Waals surface area contributed by atoms with Crippen LogP contribution < -0.4 is 5.32 Å². The molecule has 0 aromatic carbocycles. The van der Waals surface area contributed by atoms with Gasteiger partial charge in [0.1, 0.15) is 0 Å². The van der Waals surface area contributed by atoms with Crippen molar-refractivity contribution >= 4 is 6.03 Å². The van der Waals surface area contributed by atoms with E-state index in [0.29, 0.717) is 19.7 Å². The lowest BCUT2D eigenvalue weighted by atomic mass is 10.1. The van der Waals surface area contributed by atoms with Gasteiger partial charge in [-0.2, -0.15) is 0 Å². The fourth-order valence-electron chi connectivity index (χ4n) is 2.17. The number of urea groups is 1. The van der Waals surface area contributed by atoms with Crippen molar-refractivity contribution in [3.8, 4) is 0 Å². The molecule has 0 aliphatic carbocycles. The van der Waals surface area contributed by atoms with Crippen LogP contribution in [-0.4, -0.2) is 54.5 Å². The second kappa shape index (κ2) is 8.32. The van der Waals surface area contributed by atoms with Crippen LogP contribution in [0.5, 0.6) is 0 Å². The lowest BCUT2D eigenvalue weighted by Crippen LogP contribution is -2.51. The molecule has 0 saturated carbocycles. The van der Waals surface area contributed by atoms with Crippen LogP contribution in [-0.2, 0) is 4.74 Å². The van der Waals surface area contributed by atoms with Crippen molar-refractivity contribution in [3.05, 3.63) is 0 Å². The molecule has 2 atom stereocenters. The third kappa shape index (κ3) is 5.23. The van der Waals surface area contributed by atoms with Crippen molar-refractivity contribution in [1.82, 2.24) is 10.2 Å². The Balaban J connectivity index is 2.31. The van der Waals surface area contributed by atoms with Gasteiger partial charge in [-0.05, 0) is 26.2 Å². The van der Waals surface area contributed by atoms with Gasteiger partial charge in [0.25, 0.3) is 0 Å². The van der Waals surface area contributed by atoms with E-state index in [-0.39, 0.29) is 24.8 Å². The number of aliphatic hydroxyl groups is 1. The number of rotatable bonds is 6. The Morgan fingerprint density at radius 2 is 2.39 bits per heavy atom. The predicted octanol–water partition coefficient (Wildman–Crippen LogP) is 1.36. The van der Waals surface area contributed by atoms with Gasteiger partial charge < -0.3 is 20.1 Å². The van der Waals surface area contributed by atoms with Crippen molar-refractivity contribution in [2.75, 3.05) is 26.3 Å². The largest absolute Gasteiger partial charge is 0.396 e. The Labute approximate surface area is 109 Å². The van der Waals surface area contributed by atoms with Gasteiger partial charge in [0.05, 0.1) is 12.7 Å². The third-order valence-electron chi connectivity index (χ3n) is 3.20. The van der Waals surface area contributed by atoms with Gasteiger partial charge in [-0.1, -0.05) is 13.3 Å². The molecule has 1 heterocycles. The summed E-state index contributed by atoms with van der Waals surface area (Å²) in [6, 6.07) is 0.0990. The summed E-state index contributed by atoms with van der Waals surface area (Å²) in [4.78, 5) is 13.9. The number of hydrogen-bond acceptors (Lipinski definition) is 3. The summed E-state index contributed by atoms with van der Waals surface area (Å²) in [7, 11) is 0. The van der Waals surface area contributed by atoms with Crippen LogP contribution in [0.1, 0.15) is 39.5 Å². The van der Waals surface area contributed by atoms with Crippen LogP contribution >= 0.6 is 0 Å². The normalized spacial score (nSPS) is 21.7. The smallest absolute Gasteiger partial charge is 0.317 e. The average molecular weight is 258 g/mol. The minimum Gasteiger partial charge on any atom is -0.396 e. The highest BCUT2D eigenvalue weighted by molar-refractivity contribution is 5.74. The van der Waals surface area contributed by atoms with Gasteiger partial charge in [0.15, 0.2) is 0 Å². The molecule has 0 radical (unpaired) electrons. The molecule has 5 nitrogen and oxygen atoms in total. The zero-order chi connectivity index (χ0) is 13.4. The molecule has 2 amide bonds. The molecular weight excluding hydrogens is 232 g/mol. The molecule has 5 heteroatoms. The molecule has 18 heavy (non-hydrogen) atoms. The molecule has 2 N–H and O–H groups in total. The standard InChI is InChI=1S/C13H26N2O3/c1-3-5-12-10-15(7-9-18-12)13(17)14-11(2)6-4-8-16/h11-12,16H,3-10H2,1-2H3,(H,14,17). The van der Waals surface area contributed by atoms with Crippen molar-refractivity contribution in [1.29, 1.82) is 0 Å². The molecule has 0 spiro atoms. The highest BCUT2D eigenvalue weighted by Crippen LogP contribution is 2.10. The van der Waals surface area contributed by atoms with E-state index >= 15 is 0 Å². The summed E-state index contributed by atoms with van der Waals surface area (Å²) in [6.45, 7) is 6.25. The van der Waals surface area contributed by atoms with Gasteiger partial charge in [0.2, 0.25) is 0 Å². The molecule has 0 bridgehead atoms. The number of amides is 2. The Hall–Kier alpha value is -0.810. The van der Waals surface area contributed by atoms with E-state index in [4.69, 9.17) is 9.84 Å². The van der Waals surface area contributed by atoms with Crippen LogP contribution in [0.25, 0.3) is 0 Å². The van der Waals surface area contributed by atoms with E-state index in [0.717, 1.165) is 25.7 Å². The number of nitrogens with zero attached hydrogens (tertiary/aromatic N) is 1. The first-order chi connectivity index (χ1) is 8.67. The maximum absolute atomic E-state index is 12.0. The highest BCUT2D eigenvalue weighted by Gasteiger charge is 2.24. The zero-order valence-corrected chi connectivity index (χ0v) is 11.5. The van der Waals surface area contributed by atoms with Crippen LogP contribution in [0.2, 0.25) is 0 Å². The number of nitrogens with one attached hydrogen (secondary N) is 1. The first-order valence-corrected chi connectivity index (χ1v) is 6.95. The van der Waals surface area contributed by atoms with Crippen LogP contribution in [0, 0.1) is 0 Å². The molecule has 1 rings (SSSR count). The SMILES string of the molecule is CCCC1CN(C(=O)NC(C)CCCO)CCO1. The van der Waals surface area contributed by atoms with E-state index in [2.05, 4.69) is 12.2 Å². The molecule has 1 aliphatic heterocycles. The Bertz CT molecular complexity index is 246. The monoisotopic (exact) mass is 258 g/mol. The minimum atomic E-state index is -0.00940. The van der Waals surface area contributed by atoms with Crippen molar-refractivity contribution < 1.29 is 14.6 Å². The molecule has 0 aromatic rings. The lowest BCUT2D eigenvalue weighted by Gasteiger charge is -2.33. The van der Waals surface area contributed by atoms with Crippen molar-refractivity contribution in [2.24, 2.45) is 0 Å². The van der Waals surface area contributed by atoms with Crippen molar-refractivity contribution in [3.63, 3.8) is 0 Å². The summed E-state index contributed by atoms with van der Waals surface area (Å²) in [5.74, 6) is 0. The zero-order valence-electron chi connectivity index (χ0n) is 11.5. The van der Waals surface area contributed by atoms with E-state index in [9.17, 15) is 4.79 Å². The lowest BCUT2D eigenvalue weighted by molar-refractivity contribution is -0.0184. The summed E-state index contributed by atoms with van der Waals surface area (Å²) in [5, 5.41) is 11.7.